The van der Waals surface area contributed by atoms with E-state index in [2.05, 4.69) is 27.6 Å². The molecule has 0 bridgehead atoms. The van der Waals surface area contributed by atoms with Crippen LogP contribution in [0.15, 0.2) is 35.3 Å². The van der Waals surface area contributed by atoms with E-state index in [4.69, 9.17) is 14.5 Å². The topological polar surface area (TPSA) is 111 Å². The fourth-order valence-electron chi connectivity index (χ4n) is 5.68. The number of nitrogens with zero attached hydrogens (tertiary/aromatic N) is 4. The van der Waals surface area contributed by atoms with Gasteiger partial charge in [-0.1, -0.05) is 25.0 Å². The molecule has 0 unspecified atom stereocenters. The van der Waals surface area contributed by atoms with Crippen LogP contribution in [0.5, 0.6) is 11.5 Å². The number of likely N-dealkylation sites (tertiary alicyclic amines) is 1. The summed E-state index contributed by atoms with van der Waals surface area (Å²) in [6, 6.07) is 5.44. The molecule has 1 saturated carbocycles. The monoisotopic (exact) mass is 560 g/mol. The van der Waals surface area contributed by atoms with Crippen LogP contribution >= 0.6 is 0 Å². The molecule has 0 spiro atoms. The summed E-state index contributed by atoms with van der Waals surface area (Å²) in [4.78, 5) is 37.7. The number of nitrogens with one attached hydrogen (secondary N) is 2. The molecule has 3 heterocycles. The maximum Gasteiger partial charge on any atom is 0.293 e. The summed E-state index contributed by atoms with van der Waals surface area (Å²) >= 11 is 0. The van der Waals surface area contributed by atoms with Gasteiger partial charge < -0.3 is 29.6 Å². The van der Waals surface area contributed by atoms with Crippen molar-refractivity contribution in [2.24, 2.45) is 13.0 Å². The molecule has 10 nitrogen and oxygen atoms in total. The van der Waals surface area contributed by atoms with E-state index >= 15 is 0 Å². The number of rotatable bonds is 9. The number of fused-ring (bicyclic) bond motifs is 1. The van der Waals surface area contributed by atoms with Crippen molar-refractivity contribution in [2.75, 3.05) is 39.2 Å². The van der Waals surface area contributed by atoms with E-state index in [0.717, 1.165) is 38.8 Å². The molecule has 2 aromatic heterocycles. The molecule has 0 radical (unpaired) electrons. The van der Waals surface area contributed by atoms with E-state index in [1.165, 1.54) is 17.4 Å². The van der Waals surface area contributed by atoms with Crippen LogP contribution < -0.4 is 25.7 Å². The molecule has 218 valence electrons. The van der Waals surface area contributed by atoms with Gasteiger partial charge in [0.15, 0.2) is 5.75 Å². The van der Waals surface area contributed by atoms with Crippen molar-refractivity contribution in [3.8, 4) is 11.5 Å². The minimum Gasteiger partial charge on any atom is -0.495 e. The Bertz CT molecular complexity index is 1490. The number of allylic oxidation sites excluding steroid dienone is 1. The highest BCUT2D eigenvalue weighted by molar-refractivity contribution is 5.95. The molecule has 1 saturated heterocycles. The summed E-state index contributed by atoms with van der Waals surface area (Å²) in [5, 5.41) is 6.38. The third-order valence-corrected chi connectivity index (χ3v) is 8.16. The van der Waals surface area contributed by atoms with Crippen molar-refractivity contribution in [3.05, 3.63) is 52.0 Å². The van der Waals surface area contributed by atoms with Gasteiger partial charge in [-0.15, -0.1) is 0 Å². The molecule has 41 heavy (non-hydrogen) atoms. The van der Waals surface area contributed by atoms with Gasteiger partial charge >= 0.3 is 0 Å². The molecule has 2 aliphatic rings. The number of aryl methyl sites for hydroxylation is 1. The van der Waals surface area contributed by atoms with Crippen LogP contribution in [-0.2, 0) is 7.05 Å². The zero-order valence-corrected chi connectivity index (χ0v) is 24.4. The maximum atomic E-state index is 13.3. The zero-order chi connectivity index (χ0) is 28.9. The van der Waals surface area contributed by atoms with E-state index in [1.807, 2.05) is 19.1 Å². The number of anilines is 2. The highest BCUT2D eigenvalue weighted by atomic mass is 16.5. The number of ether oxygens (including phenoxy) is 2. The Morgan fingerprint density at radius 3 is 2.61 bits per heavy atom. The summed E-state index contributed by atoms with van der Waals surface area (Å²) in [6.45, 7) is 4.37. The normalized spacial score (nSPS) is 16.9. The SMILES string of the molecule is CC=Cc1c(OCC2CCCC2)c(=O)n(C)c2cnc(Nc3ccc(C(=O)NC4CCN(C)CC4)cc3OC)nc12. The third kappa shape index (κ3) is 6.37. The molecule has 5 rings (SSSR count). The number of amides is 1. The Balaban J connectivity index is 1.41. The largest absolute Gasteiger partial charge is 0.495 e. The molecule has 1 aromatic carbocycles. The number of methoxy groups -OCH3 is 1. The predicted molar refractivity (Wildman–Crippen MR) is 161 cm³/mol. The Labute approximate surface area is 240 Å². The molecule has 10 heteroatoms. The molecule has 2 fully saturated rings. The van der Waals surface area contributed by atoms with Gasteiger partial charge in [-0.3, -0.25) is 9.59 Å². The molecule has 3 aromatic rings. The van der Waals surface area contributed by atoms with E-state index in [-0.39, 0.29) is 17.5 Å². The average Bonchev–Trinajstić information content (AvgIpc) is 3.50. The number of carbonyl (C=O) groups is 1. The quantitative estimate of drug-likeness (QED) is 0.394. The Kier molecular flexibility index (Phi) is 8.87. The summed E-state index contributed by atoms with van der Waals surface area (Å²) in [6.07, 6.45) is 11.9. The van der Waals surface area contributed by atoms with E-state index < -0.39 is 0 Å². The number of pyridine rings is 1. The Hall–Kier alpha value is -3.92. The summed E-state index contributed by atoms with van der Waals surface area (Å²) in [7, 11) is 5.37. The number of aromatic nitrogens is 3. The van der Waals surface area contributed by atoms with Gasteiger partial charge in [-0.2, -0.15) is 0 Å². The first-order chi connectivity index (χ1) is 19.9. The van der Waals surface area contributed by atoms with Gasteiger partial charge in [-0.05, 0) is 76.9 Å². The lowest BCUT2D eigenvalue weighted by Gasteiger charge is -2.29. The van der Waals surface area contributed by atoms with Crippen molar-refractivity contribution in [1.82, 2.24) is 24.8 Å². The highest BCUT2D eigenvalue weighted by Gasteiger charge is 2.22. The number of piperidine rings is 1. The smallest absolute Gasteiger partial charge is 0.293 e. The highest BCUT2D eigenvalue weighted by Crippen LogP contribution is 2.31. The molecule has 1 aliphatic carbocycles. The number of benzene rings is 1. The van der Waals surface area contributed by atoms with Crippen LogP contribution in [0.25, 0.3) is 17.1 Å². The first-order valence-electron chi connectivity index (χ1n) is 14.5. The number of hydrogen-bond donors (Lipinski definition) is 2. The first-order valence-corrected chi connectivity index (χ1v) is 14.5. The van der Waals surface area contributed by atoms with E-state index in [1.54, 1.807) is 38.6 Å². The van der Waals surface area contributed by atoms with E-state index in [0.29, 0.717) is 57.8 Å². The van der Waals surface area contributed by atoms with Gasteiger partial charge in [-0.25, -0.2) is 9.97 Å². The van der Waals surface area contributed by atoms with Crippen LogP contribution in [0.3, 0.4) is 0 Å². The molecule has 1 aliphatic heterocycles. The second-order valence-corrected chi connectivity index (χ2v) is 11.1. The van der Waals surface area contributed by atoms with Gasteiger partial charge in [0.05, 0.1) is 36.7 Å². The second-order valence-electron chi connectivity index (χ2n) is 11.1. The van der Waals surface area contributed by atoms with Crippen LogP contribution in [0.2, 0.25) is 0 Å². The van der Waals surface area contributed by atoms with Crippen LogP contribution in [0, 0.1) is 5.92 Å². The predicted octanol–water partition coefficient (Wildman–Crippen LogP) is 4.51. The second kappa shape index (κ2) is 12.7. The van der Waals surface area contributed by atoms with Crippen LogP contribution in [-0.4, -0.2) is 65.2 Å². The third-order valence-electron chi connectivity index (χ3n) is 8.16. The average molecular weight is 561 g/mol. The summed E-state index contributed by atoms with van der Waals surface area (Å²) in [5.41, 5.74) is 2.80. The zero-order valence-electron chi connectivity index (χ0n) is 24.4. The fourth-order valence-corrected chi connectivity index (χ4v) is 5.68. The van der Waals surface area contributed by atoms with Crippen LogP contribution in [0.4, 0.5) is 11.6 Å². The lowest BCUT2D eigenvalue weighted by Crippen LogP contribution is -2.43. The lowest BCUT2D eigenvalue weighted by atomic mass is 10.0. The van der Waals surface area contributed by atoms with Gasteiger partial charge in [0.25, 0.3) is 11.5 Å². The summed E-state index contributed by atoms with van der Waals surface area (Å²) < 4.78 is 13.3. The minimum atomic E-state index is -0.205. The Morgan fingerprint density at radius 1 is 1.15 bits per heavy atom. The molecule has 1 amide bonds. The number of carbonyl (C=O) groups excluding carboxylic acids is 1. The van der Waals surface area contributed by atoms with Gasteiger partial charge in [0.1, 0.15) is 11.3 Å². The standard InChI is InChI=1S/C31H40N6O4/c1-5-8-23-27-25(37(3)30(39)28(23)41-19-20-9-6-7-10-20)18-32-31(35-27)34-24-12-11-21(17-26(24)40-4)29(38)33-22-13-15-36(2)16-14-22/h5,8,11-12,17-18,20,22H,6-7,9-10,13-16,19H2,1-4H3,(H,33,38)(H,32,34,35). The van der Waals surface area contributed by atoms with Gasteiger partial charge in [0, 0.05) is 18.7 Å². The first kappa shape index (κ1) is 28.6. The van der Waals surface area contributed by atoms with Crippen molar-refractivity contribution >= 4 is 34.7 Å². The van der Waals surface area contributed by atoms with Crippen LogP contribution in [0.1, 0.15) is 61.4 Å². The Morgan fingerprint density at radius 2 is 1.90 bits per heavy atom. The maximum absolute atomic E-state index is 13.3. The van der Waals surface area contributed by atoms with Crippen molar-refractivity contribution in [1.29, 1.82) is 0 Å². The summed E-state index contributed by atoms with van der Waals surface area (Å²) in [5.74, 6) is 1.50. The lowest BCUT2D eigenvalue weighted by molar-refractivity contribution is 0.0916. The van der Waals surface area contributed by atoms with Crippen molar-refractivity contribution in [2.45, 2.75) is 51.5 Å². The molecular formula is C31H40N6O4. The number of hydrogen-bond acceptors (Lipinski definition) is 8. The minimum absolute atomic E-state index is 0.117. The molecule has 0 atom stereocenters. The molecule has 2 N–H and O–H groups in total. The fraction of sp³-hybridized carbons (Fsp3) is 0.484. The van der Waals surface area contributed by atoms with Crippen molar-refractivity contribution in [3.63, 3.8) is 0 Å². The molecular weight excluding hydrogens is 520 g/mol. The van der Waals surface area contributed by atoms with E-state index in [9.17, 15) is 9.59 Å². The van der Waals surface area contributed by atoms with Crippen molar-refractivity contribution < 1.29 is 14.3 Å². The van der Waals surface area contributed by atoms with Gasteiger partial charge in [0.2, 0.25) is 5.95 Å².